The number of hydrazine groups is 1. The van der Waals surface area contributed by atoms with E-state index in [4.69, 9.17) is 11.0 Å². The highest BCUT2D eigenvalue weighted by Gasteiger charge is 2.13. The number of nitrogens with one attached hydrogen (secondary N) is 1. The van der Waals surface area contributed by atoms with Gasteiger partial charge in [-0.25, -0.2) is 0 Å². The molecule has 1 aliphatic heterocycles. The standard InChI is InChI=1S/C10H10N4/c11-7-8-3-1-2-4-9(8)14-6-5-10(12)13-14/h1-5,13H,6,12H2. The van der Waals surface area contributed by atoms with Crippen molar-refractivity contribution in [2.45, 2.75) is 0 Å². The van der Waals surface area contributed by atoms with Crippen LogP contribution in [0.1, 0.15) is 5.56 Å². The zero-order valence-corrected chi connectivity index (χ0v) is 7.57. The Morgan fingerprint density at radius 3 is 2.86 bits per heavy atom. The molecule has 0 saturated heterocycles. The van der Waals surface area contributed by atoms with Crippen molar-refractivity contribution >= 4 is 5.69 Å². The first-order chi connectivity index (χ1) is 6.81. The minimum Gasteiger partial charge on any atom is -0.384 e. The van der Waals surface area contributed by atoms with Gasteiger partial charge in [-0.1, -0.05) is 12.1 Å². The average molecular weight is 186 g/mol. The summed E-state index contributed by atoms with van der Waals surface area (Å²) in [6, 6.07) is 9.55. The number of hydrogen-bond donors (Lipinski definition) is 2. The normalized spacial score (nSPS) is 14.5. The van der Waals surface area contributed by atoms with E-state index in [1.807, 2.05) is 29.3 Å². The van der Waals surface area contributed by atoms with Crippen molar-refractivity contribution in [2.24, 2.45) is 5.73 Å². The van der Waals surface area contributed by atoms with Crippen LogP contribution in [0, 0.1) is 11.3 Å². The van der Waals surface area contributed by atoms with Crippen LogP contribution in [0.4, 0.5) is 5.69 Å². The lowest BCUT2D eigenvalue weighted by molar-refractivity contribution is 0.796. The Bertz CT molecular complexity index is 416. The fourth-order valence-electron chi connectivity index (χ4n) is 1.40. The van der Waals surface area contributed by atoms with E-state index in [0.29, 0.717) is 17.9 Å². The van der Waals surface area contributed by atoms with Crippen molar-refractivity contribution < 1.29 is 0 Å². The second-order valence-corrected chi connectivity index (χ2v) is 3.01. The number of para-hydroxylation sites is 1. The number of rotatable bonds is 1. The monoisotopic (exact) mass is 186 g/mol. The lowest BCUT2D eigenvalue weighted by Crippen LogP contribution is -2.34. The van der Waals surface area contributed by atoms with Crippen LogP contribution in [0.25, 0.3) is 0 Å². The van der Waals surface area contributed by atoms with E-state index < -0.39 is 0 Å². The van der Waals surface area contributed by atoms with Gasteiger partial charge < -0.3 is 5.73 Å². The van der Waals surface area contributed by atoms with Crippen LogP contribution in [0.2, 0.25) is 0 Å². The molecule has 3 N–H and O–H groups in total. The molecule has 4 heteroatoms. The predicted molar refractivity (Wildman–Crippen MR) is 53.9 cm³/mol. The van der Waals surface area contributed by atoms with Crippen LogP contribution in [-0.2, 0) is 0 Å². The van der Waals surface area contributed by atoms with Crippen molar-refractivity contribution in [3.8, 4) is 6.07 Å². The lowest BCUT2D eigenvalue weighted by Gasteiger charge is -2.20. The molecular formula is C10H10N4. The quantitative estimate of drug-likeness (QED) is 0.677. The van der Waals surface area contributed by atoms with E-state index in [1.165, 1.54) is 0 Å². The second kappa shape index (κ2) is 3.30. The molecule has 1 heterocycles. The highest BCUT2D eigenvalue weighted by molar-refractivity contribution is 5.59. The summed E-state index contributed by atoms with van der Waals surface area (Å²) in [6.07, 6.45) is 1.87. The molecule has 70 valence electrons. The van der Waals surface area contributed by atoms with Crippen LogP contribution >= 0.6 is 0 Å². The molecule has 0 spiro atoms. The van der Waals surface area contributed by atoms with Crippen LogP contribution in [0.5, 0.6) is 0 Å². The Labute approximate surface area is 82.2 Å². The predicted octanol–water partition coefficient (Wildman–Crippen LogP) is 0.683. The second-order valence-electron chi connectivity index (χ2n) is 3.01. The molecule has 2 rings (SSSR count). The highest BCUT2D eigenvalue weighted by Crippen LogP contribution is 2.19. The van der Waals surface area contributed by atoms with Gasteiger partial charge in [-0.2, -0.15) is 5.26 Å². The van der Waals surface area contributed by atoms with E-state index in [-0.39, 0.29) is 0 Å². The van der Waals surface area contributed by atoms with E-state index in [2.05, 4.69) is 11.5 Å². The van der Waals surface area contributed by atoms with E-state index >= 15 is 0 Å². The van der Waals surface area contributed by atoms with Gasteiger partial charge in [0, 0.05) is 0 Å². The summed E-state index contributed by atoms with van der Waals surface area (Å²) in [4.78, 5) is 0. The molecule has 0 saturated carbocycles. The summed E-state index contributed by atoms with van der Waals surface area (Å²) in [5.74, 6) is 0.623. The minimum atomic E-state index is 0.623. The summed E-state index contributed by atoms with van der Waals surface area (Å²) in [5.41, 5.74) is 10.0. The molecular weight excluding hydrogens is 176 g/mol. The smallest absolute Gasteiger partial charge is 0.113 e. The van der Waals surface area contributed by atoms with Crippen molar-refractivity contribution in [1.82, 2.24) is 5.43 Å². The molecule has 0 fully saturated rings. The van der Waals surface area contributed by atoms with Crippen molar-refractivity contribution in [2.75, 3.05) is 11.6 Å². The number of hydrogen-bond acceptors (Lipinski definition) is 4. The highest BCUT2D eigenvalue weighted by atomic mass is 15.5. The molecule has 0 aliphatic carbocycles. The Balaban J connectivity index is 2.30. The molecule has 0 atom stereocenters. The molecule has 0 aromatic heterocycles. The summed E-state index contributed by atoms with van der Waals surface area (Å²) in [6.45, 7) is 0.685. The largest absolute Gasteiger partial charge is 0.384 e. The molecule has 0 amide bonds. The van der Waals surface area contributed by atoms with Crippen molar-refractivity contribution in [3.05, 3.63) is 41.7 Å². The molecule has 0 radical (unpaired) electrons. The van der Waals surface area contributed by atoms with Crippen LogP contribution in [-0.4, -0.2) is 6.54 Å². The van der Waals surface area contributed by atoms with Gasteiger partial charge in [-0.05, 0) is 18.2 Å². The summed E-state index contributed by atoms with van der Waals surface area (Å²) < 4.78 is 0. The molecule has 1 aromatic rings. The van der Waals surface area contributed by atoms with Gasteiger partial charge in [0.1, 0.15) is 11.9 Å². The molecule has 4 nitrogen and oxygen atoms in total. The zero-order valence-electron chi connectivity index (χ0n) is 7.57. The number of benzene rings is 1. The number of nitriles is 1. The zero-order chi connectivity index (χ0) is 9.97. The maximum atomic E-state index is 8.89. The maximum absolute atomic E-state index is 8.89. The van der Waals surface area contributed by atoms with Gasteiger partial charge in [0.2, 0.25) is 0 Å². The third kappa shape index (κ3) is 1.36. The van der Waals surface area contributed by atoms with Crippen molar-refractivity contribution in [1.29, 1.82) is 5.26 Å². The third-order valence-corrected chi connectivity index (χ3v) is 2.07. The fraction of sp³-hybridized carbons (Fsp3) is 0.100. The first-order valence-electron chi connectivity index (χ1n) is 4.30. The molecule has 14 heavy (non-hydrogen) atoms. The lowest BCUT2D eigenvalue weighted by atomic mass is 10.2. The SMILES string of the molecule is N#Cc1ccccc1N1CC=C(N)N1. The van der Waals surface area contributed by atoms with E-state index in [9.17, 15) is 0 Å². The van der Waals surface area contributed by atoms with Gasteiger partial charge in [-0.15, -0.1) is 0 Å². The van der Waals surface area contributed by atoms with E-state index in [1.54, 1.807) is 6.07 Å². The Morgan fingerprint density at radius 1 is 1.43 bits per heavy atom. The Hall–Kier alpha value is -2.15. The molecule has 1 aliphatic rings. The van der Waals surface area contributed by atoms with Crippen LogP contribution in [0.3, 0.4) is 0 Å². The number of anilines is 1. The molecule has 1 aromatic carbocycles. The first kappa shape index (κ1) is 8.45. The van der Waals surface area contributed by atoms with Gasteiger partial charge >= 0.3 is 0 Å². The average Bonchev–Trinajstić information content (AvgIpc) is 2.65. The topological polar surface area (TPSA) is 65.1 Å². The Morgan fingerprint density at radius 2 is 2.21 bits per heavy atom. The first-order valence-corrected chi connectivity index (χ1v) is 4.30. The van der Waals surface area contributed by atoms with Gasteiger partial charge in [0.25, 0.3) is 0 Å². The minimum absolute atomic E-state index is 0.623. The molecule has 0 bridgehead atoms. The van der Waals surface area contributed by atoms with Crippen molar-refractivity contribution in [3.63, 3.8) is 0 Å². The molecule has 0 unspecified atom stereocenters. The number of nitrogens with zero attached hydrogens (tertiary/aromatic N) is 2. The maximum Gasteiger partial charge on any atom is 0.113 e. The fourth-order valence-corrected chi connectivity index (χ4v) is 1.40. The summed E-state index contributed by atoms with van der Waals surface area (Å²) >= 11 is 0. The van der Waals surface area contributed by atoms with Crippen LogP contribution in [0.15, 0.2) is 36.2 Å². The Kier molecular flexibility index (Phi) is 1.99. The van der Waals surface area contributed by atoms with Crippen LogP contribution < -0.4 is 16.2 Å². The van der Waals surface area contributed by atoms with E-state index in [0.717, 1.165) is 5.69 Å². The van der Waals surface area contributed by atoms with Gasteiger partial charge in [-0.3, -0.25) is 10.4 Å². The summed E-state index contributed by atoms with van der Waals surface area (Å²) in [5, 5.41) is 10.7. The van der Waals surface area contributed by atoms with Gasteiger partial charge in [0.15, 0.2) is 0 Å². The number of nitrogens with two attached hydrogens (primary N) is 1. The third-order valence-electron chi connectivity index (χ3n) is 2.07. The van der Waals surface area contributed by atoms with Gasteiger partial charge in [0.05, 0.1) is 17.8 Å². The summed E-state index contributed by atoms with van der Waals surface area (Å²) in [7, 11) is 0.